The van der Waals surface area contributed by atoms with E-state index in [2.05, 4.69) is 9.89 Å². The maximum atomic E-state index is 6.46. The van der Waals surface area contributed by atoms with Crippen molar-refractivity contribution in [3.05, 3.63) is 0 Å². The molecule has 11 heavy (non-hydrogen) atoms. The molecular weight excluding hydrogens is 173 g/mol. The molecule has 0 unspecified atom stereocenters. The molecule has 0 radical (unpaired) electrons. The summed E-state index contributed by atoms with van der Waals surface area (Å²) < 4.78 is 0. The molecule has 62 valence electrons. The van der Waals surface area contributed by atoms with Gasteiger partial charge in [-0.05, 0) is 27.1 Å². The fourth-order valence-corrected chi connectivity index (χ4v) is 0.522. The number of rotatable bonds is 4. The van der Waals surface area contributed by atoms with Gasteiger partial charge in [-0.15, -0.1) is 12.4 Å². The summed E-state index contributed by atoms with van der Waals surface area (Å²) in [4.78, 5) is 5.73. The topological polar surface area (TPSA) is 39.5 Å². The number of hydrogen-bond donors (Lipinski definition) is 1. The first-order valence-electron chi connectivity index (χ1n) is 3.00. The van der Waals surface area contributed by atoms with Gasteiger partial charge in [-0.1, -0.05) is 0 Å². The molecule has 0 heterocycles. The minimum absolute atomic E-state index is 0. The number of halogens is 1. The molecule has 0 amide bonds. The minimum atomic E-state index is 0. The second kappa shape index (κ2) is 13.2. The zero-order valence-electron chi connectivity index (χ0n) is 8.42. The summed E-state index contributed by atoms with van der Waals surface area (Å²) in [6.07, 6.45) is 1.01. The summed E-state index contributed by atoms with van der Waals surface area (Å²) in [6.45, 7) is 1.76. The molecular formula is C6H15ClN3Na. The zero-order chi connectivity index (χ0) is 7.11. The van der Waals surface area contributed by atoms with Crippen LogP contribution in [0.3, 0.4) is 0 Å². The normalized spacial score (nSPS) is 7.55. The summed E-state index contributed by atoms with van der Waals surface area (Å²) in [7, 11) is 4.04. The molecule has 0 aromatic carbocycles. The second-order valence-electron chi connectivity index (χ2n) is 2.15. The Balaban J connectivity index is -0.000000107. The molecule has 0 aliphatic carbocycles. The SMILES string of the molecule is CN(C)CCCN=C=N.Cl.[H-].[Na+]. The van der Waals surface area contributed by atoms with Crippen LogP contribution in [-0.4, -0.2) is 38.1 Å². The summed E-state index contributed by atoms with van der Waals surface area (Å²) in [5.41, 5.74) is 0. The van der Waals surface area contributed by atoms with Crippen molar-refractivity contribution in [3.63, 3.8) is 0 Å². The van der Waals surface area contributed by atoms with Crippen LogP contribution in [-0.2, 0) is 0 Å². The third kappa shape index (κ3) is 18.0. The molecule has 0 saturated heterocycles. The molecule has 1 N–H and O–H groups in total. The predicted molar refractivity (Wildman–Crippen MR) is 46.6 cm³/mol. The first-order valence-corrected chi connectivity index (χ1v) is 3.00. The van der Waals surface area contributed by atoms with E-state index in [0.717, 1.165) is 19.5 Å². The Hall–Kier alpha value is 0.630. The van der Waals surface area contributed by atoms with Crippen LogP contribution in [0.1, 0.15) is 7.85 Å². The molecule has 0 bridgehead atoms. The van der Waals surface area contributed by atoms with Crippen LogP contribution in [0, 0.1) is 5.41 Å². The van der Waals surface area contributed by atoms with Gasteiger partial charge in [0, 0.05) is 0 Å². The summed E-state index contributed by atoms with van der Waals surface area (Å²) >= 11 is 0. The fraction of sp³-hybridized carbons (Fsp3) is 0.833. The van der Waals surface area contributed by atoms with Crippen LogP contribution in [0.4, 0.5) is 0 Å². The van der Waals surface area contributed by atoms with E-state index in [1.54, 1.807) is 0 Å². The van der Waals surface area contributed by atoms with E-state index in [9.17, 15) is 0 Å². The Bertz CT molecular complexity index is 117. The maximum Gasteiger partial charge on any atom is 1.00 e. The Morgan fingerprint density at radius 3 is 2.45 bits per heavy atom. The first kappa shape index (κ1) is 17.6. The quantitative estimate of drug-likeness (QED) is 0.316. The molecule has 3 nitrogen and oxygen atoms in total. The van der Waals surface area contributed by atoms with E-state index in [-0.39, 0.29) is 43.4 Å². The Morgan fingerprint density at radius 1 is 1.55 bits per heavy atom. The monoisotopic (exact) mass is 187 g/mol. The molecule has 0 aliphatic heterocycles. The average Bonchev–Trinajstić information content (AvgIpc) is 1.80. The molecule has 0 aromatic rings. The van der Waals surface area contributed by atoms with Crippen molar-refractivity contribution in [2.24, 2.45) is 4.99 Å². The van der Waals surface area contributed by atoms with E-state index < -0.39 is 0 Å². The van der Waals surface area contributed by atoms with E-state index in [0.29, 0.717) is 0 Å². The van der Waals surface area contributed by atoms with Gasteiger partial charge in [0.1, 0.15) is 0 Å². The number of hydrogen-bond acceptors (Lipinski definition) is 3. The van der Waals surface area contributed by atoms with Crippen LogP contribution in [0.25, 0.3) is 0 Å². The predicted octanol–water partition coefficient (Wildman–Crippen LogP) is -1.77. The van der Waals surface area contributed by atoms with Crippen LogP contribution in [0.15, 0.2) is 4.99 Å². The van der Waals surface area contributed by atoms with E-state index in [1.807, 2.05) is 20.1 Å². The van der Waals surface area contributed by atoms with Gasteiger partial charge in [0.2, 0.25) is 0 Å². The summed E-state index contributed by atoms with van der Waals surface area (Å²) in [5.74, 6) is 0. The van der Waals surface area contributed by atoms with Gasteiger partial charge in [-0.25, -0.2) is 10.4 Å². The van der Waals surface area contributed by atoms with Crippen LogP contribution < -0.4 is 29.6 Å². The second-order valence-corrected chi connectivity index (χ2v) is 2.15. The van der Waals surface area contributed by atoms with Crippen molar-refractivity contribution >= 4 is 18.4 Å². The van der Waals surface area contributed by atoms with Crippen LogP contribution in [0.2, 0.25) is 0 Å². The number of aliphatic imine (C=N–C) groups is 1. The van der Waals surface area contributed by atoms with Crippen molar-refractivity contribution in [1.29, 1.82) is 5.41 Å². The van der Waals surface area contributed by atoms with Gasteiger partial charge < -0.3 is 6.33 Å². The van der Waals surface area contributed by atoms with Crippen molar-refractivity contribution in [1.82, 2.24) is 4.90 Å². The van der Waals surface area contributed by atoms with Gasteiger partial charge in [-0.2, -0.15) is 0 Å². The van der Waals surface area contributed by atoms with Gasteiger partial charge in [0.05, 0.1) is 12.6 Å². The van der Waals surface area contributed by atoms with Gasteiger partial charge in [-0.3, -0.25) is 0 Å². The Labute approximate surface area is 98.0 Å². The number of nitrogens with zero attached hydrogens (tertiary/aromatic N) is 2. The molecule has 0 atom stereocenters. The van der Waals surface area contributed by atoms with Gasteiger partial charge in [0.25, 0.3) is 0 Å². The first-order chi connectivity index (χ1) is 4.27. The number of nitrogens with one attached hydrogen (secondary N) is 1. The molecule has 0 fully saturated rings. The summed E-state index contributed by atoms with van der Waals surface area (Å²) in [5, 5.41) is 6.46. The third-order valence-corrected chi connectivity index (χ3v) is 0.954. The molecule has 5 heteroatoms. The molecule has 0 saturated carbocycles. The average molecular weight is 188 g/mol. The van der Waals surface area contributed by atoms with E-state index in [1.165, 1.54) is 0 Å². The van der Waals surface area contributed by atoms with Crippen LogP contribution in [0.5, 0.6) is 0 Å². The largest absolute Gasteiger partial charge is 1.00 e. The maximum absolute atomic E-state index is 6.46. The van der Waals surface area contributed by atoms with Gasteiger partial charge in [0.15, 0.2) is 0 Å². The third-order valence-electron chi connectivity index (χ3n) is 0.954. The minimum Gasteiger partial charge on any atom is -1.00 e. The molecule has 0 aromatic heterocycles. The molecule has 0 spiro atoms. The van der Waals surface area contributed by atoms with Crippen molar-refractivity contribution in [2.45, 2.75) is 6.42 Å². The zero-order valence-corrected chi connectivity index (χ0v) is 10.2. The Morgan fingerprint density at radius 2 is 2.09 bits per heavy atom. The van der Waals surface area contributed by atoms with E-state index in [4.69, 9.17) is 5.41 Å². The van der Waals surface area contributed by atoms with Gasteiger partial charge >= 0.3 is 29.6 Å². The molecule has 0 aliphatic rings. The van der Waals surface area contributed by atoms with Crippen molar-refractivity contribution in [2.75, 3.05) is 27.2 Å². The van der Waals surface area contributed by atoms with Crippen molar-refractivity contribution < 1.29 is 31.0 Å². The fourth-order valence-electron chi connectivity index (χ4n) is 0.522. The smallest absolute Gasteiger partial charge is 1.00 e. The Kier molecular flexibility index (Phi) is 21.2. The standard InChI is InChI=1S/C6H13N3.ClH.Na.H/c1-9(2)5-3-4-8-6-7;;;/h7H,3-5H2,1-2H3;1H;;/q;;+1;-1. The summed E-state index contributed by atoms with van der Waals surface area (Å²) in [6, 6.07) is 2.00. The van der Waals surface area contributed by atoms with E-state index >= 15 is 0 Å². The van der Waals surface area contributed by atoms with Crippen molar-refractivity contribution in [3.8, 4) is 0 Å². The molecule has 0 rings (SSSR count). The van der Waals surface area contributed by atoms with Crippen LogP contribution >= 0.6 is 12.4 Å².